The third-order valence-corrected chi connectivity index (χ3v) is 4.99. The molecule has 0 bridgehead atoms. The van der Waals surface area contributed by atoms with Gasteiger partial charge in [0.25, 0.3) is 0 Å². The standard InChI is InChI=1S/C18H28N2O2/c1-18(2,15-7-3-4-8-15)17(22)20-12-14(13-21)11-16-9-5-6-10-19-16/h5-6,9-10,14-15,21H,3-4,7-8,11-13H2,1-2H3,(H,20,22). The molecule has 22 heavy (non-hydrogen) atoms. The van der Waals surface area contributed by atoms with E-state index < -0.39 is 0 Å². The zero-order valence-electron chi connectivity index (χ0n) is 13.7. The Morgan fingerprint density at radius 3 is 2.73 bits per heavy atom. The summed E-state index contributed by atoms with van der Waals surface area (Å²) >= 11 is 0. The molecule has 0 aromatic carbocycles. The summed E-state index contributed by atoms with van der Waals surface area (Å²) in [7, 11) is 0. The molecule has 1 heterocycles. The molecule has 0 saturated heterocycles. The Bertz CT molecular complexity index is 467. The smallest absolute Gasteiger partial charge is 0.225 e. The second-order valence-electron chi connectivity index (χ2n) is 6.99. The molecule has 1 aromatic heterocycles. The molecule has 1 fully saturated rings. The Balaban J connectivity index is 1.85. The maximum absolute atomic E-state index is 12.5. The van der Waals surface area contributed by atoms with Crippen LogP contribution in [0.3, 0.4) is 0 Å². The third-order valence-electron chi connectivity index (χ3n) is 4.99. The van der Waals surface area contributed by atoms with E-state index in [1.54, 1.807) is 6.20 Å². The molecule has 1 atom stereocenters. The van der Waals surface area contributed by atoms with Gasteiger partial charge in [-0.1, -0.05) is 32.8 Å². The lowest BCUT2D eigenvalue weighted by Gasteiger charge is -2.30. The molecular weight excluding hydrogens is 276 g/mol. The number of hydrogen-bond donors (Lipinski definition) is 2. The van der Waals surface area contributed by atoms with Crippen molar-refractivity contribution in [2.75, 3.05) is 13.2 Å². The van der Waals surface area contributed by atoms with Crippen LogP contribution in [0.4, 0.5) is 0 Å². The summed E-state index contributed by atoms with van der Waals surface area (Å²) in [6.45, 7) is 4.65. The van der Waals surface area contributed by atoms with E-state index in [1.807, 2.05) is 32.0 Å². The number of amides is 1. The van der Waals surface area contributed by atoms with Crippen LogP contribution in [0, 0.1) is 17.3 Å². The Morgan fingerprint density at radius 1 is 1.41 bits per heavy atom. The molecule has 1 unspecified atom stereocenters. The highest BCUT2D eigenvalue weighted by Gasteiger charge is 2.38. The fourth-order valence-corrected chi connectivity index (χ4v) is 3.31. The van der Waals surface area contributed by atoms with Crippen molar-refractivity contribution in [3.8, 4) is 0 Å². The highest BCUT2D eigenvalue weighted by molar-refractivity contribution is 5.82. The van der Waals surface area contributed by atoms with Crippen LogP contribution in [0.25, 0.3) is 0 Å². The zero-order valence-corrected chi connectivity index (χ0v) is 13.7. The van der Waals surface area contributed by atoms with Gasteiger partial charge in [0.05, 0.1) is 0 Å². The molecule has 0 radical (unpaired) electrons. The second kappa shape index (κ2) is 7.73. The number of carbonyl (C=O) groups excluding carboxylic acids is 1. The molecule has 2 rings (SSSR count). The first kappa shape index (κ1) is 16.9. The van der Waals surface area contributed by atoms with Gasteiger partial charge in [0.2, 0.25) is 5.91 Å². The number of carbonyl (C=O) groups is 1. The van der Waals surface area contributed by atoms with E-state index in [2.05, 4.69) is 10.3 Å². The van der Waals surface area contributed by atoms with Gasteiger partial charge in [-0.05, 0) is 37.3 Å². The van der Waals surface area contributed by atoms with Gasteiger partial charge < -0.3 is 10.4 Å². The van der Waals surface area contributed by atoms with Crippen LogP contribution in [0.15, 0.2) is 24.4 Å². The van der Waals surface area contributed by atoms with Gasteiger partial charge in [-0.2, -0.15) is 0 Å². The molecule has 122 valence electrons. The van der Waals surface area contributed by atoms with Gasteiger partial charge >= 0.3 is 0 Å². The quantitative estimate of drug-likeness (QED) is 0.814. The summed E-state index contributed by atoms with van der Waals surface area (Å²) in [5.74, 6) is 0.605. The van der Waals surface area contributed by atoms with E-state index in [9.17, 15) is 9.90 Å². The lowest BCUT2D eigenvalue weighted by Crippen LogP contribution is -2.43. The van der Waals surface area contributed by atoms with Gasteiger partial charge in [-0.15, -0.1) is 0 Å². The van der Waals surface area contributed by atoms with Crippen LogP contribution in [-0.2, 0) is 11.2 Å². The second-order valence-corrected chi connectivity index (χ2v) is 6.99. The molecule has 1 aliphatic carbocycles. The van der Waals surface area contributed by atoms with Crippen molar-refractivity contribution >= 4 is 5.91 Å². The fraction of sp³-hybridized carbons (Fsp3) is 0.667. The van der Waals surface area contributed by atoms with Gasteiger partial charge in [0.15, 0.2) is 0 Å². The Morgan fingerprint density at radius 2 is 2.14 bits per heavy atom. The summed E-state index contributed by atoms with van der Waals surface area (Å²) in [5.41, 5.74) is 0.632. The van der Waals surface area contributed by atoms with Crippen molar-refractivity contribution in [1.29, 1.82) is 0 Å². The molecule has 1 aromatic rings. The summed E-state index contributed by atoms with van der Waals surface area (Å²) in [6.07, 6.45) is 7.21. The largest absolute Gasteiger partial charge is 0.396 e. The number of pyridine rings is 1. The van der Waals surface area contributed by atoms with Crippen LogP contribution in [0.5, 0.6) is 0 Å². The SMILES string of the molecule is CC(C)(C(=O)NCC(CO)Cc1ccccn1)C1CCCC1. The van der Waals surface area contributed by atoms with Crippen LogP contribution >= 0.6 is 0 Å². The van der Waals surface area contributed by atoms with E-state index in [0.29, 0.717) is 18.9 Å². The molecule has 0 spiro atoms. The average Bonchev–Trinajstić information content (AvgIpc) is 3.07. The Hall–Kier alpha value is -1.42. The lowest BCUT2D eigenvalue weighted by molar-refractivity contribution is -0.132. The van der Waals surface area contributed by atoms with E-state index >= 15 is 0 Å². The number of aromatic nitrogens is 1. The molecule has 1 saturated carbocycles. The number of aliphatic hydroxyl groups is 1. The number of nitrogens with one attached hydrogen (secondary N) is 1. The van der Waals surface area contributed by atoms with Gasteiger partial charge in [0.1, 0.15) is 0 Å². The van der Waals surface area contributed by atoms with Gasteiger partial charge in [-0.25, -0.2) is 0 Å². The molecule has 4 nitrogen and oxygen atoms in total. The van der Waals surface area contributed by atoms with Crippen molar-refractivity contribution in [3.63, 3.8) is 0 Å². The highest BCUT2D eigenvalue weighted by atomic mass is 16.3. The minimum Gasteiger partial charge on any atom is -0.396 e. The predicted molar refractivity (Wildman–Crippen MR) is 87.3 cm³/mol. The van der Waals surface area contributed by atoms with E-state index in [0.717, 1.165) is 18.5 Å². The fourth-order valence-electron chi connectivity index (χ4n) is 3.31. The Kier molecular flexibility index (Phi) is 5.95. The Labute approximate surface area is 133 Å². The first-order valence-electron chi connectivity index (χ1n) is 8.33. The molecule has 1 amide bonds. The molecule has 0 aliphatic heterocycles. The first-order chi connectivity index (χ1) is 10.5. The van der Waals surface area contributed by atoms with E-state index in [1.165, 1.54) is 12.8 Å². The monoisotopic (exact) mass is 304 g/mol. The summed E-state index contributed by atoms with van der Waals surface area (Å²) in [5, 5.41) is 12.6. The highest BCUT2D eigenvalue weighted by Crippen LogP contribution is 2.39. The topological polar surface area (TPSA) is 62.2 Å². The van der Waals surface area contributed by atoms with Crippen LogP contribution in [-0.4, -0.2) is 29.1 Å². The summed E-state index contributed by atoms with van der Waals surface area (Å²) < 4.78 is 0. The minimum absolute atomic E-state index is 0.0122. The molecule has 2 N–H and O–H groups in total. The van der Waals surface area contributed by atoms with Crippen molar-refractivity contribution < 1.29 is 9.90 Å². The number of aliphatic hydroxyl groups excluding tert-OH is 1. The minimum atomic E-state index is -0.318. The normalized spacial score (nSPS) is 17.4. The zero-order chi connectivity index (χ0) is 16.0. The van der Waals surface area contributed by atoms with Crippen molar-refractivity contribution in [2.24, 2.45) is 17.3 Å². The van der Waals surface area contributed by atoms with E-state index in [-0.39, 0.29) is 23.8 Å². The molecule has 1 aliphatic rings. The number of nitrogens with zero attached hydrogens (tertiary/aromatic N) is 1. The van der Waals surface area contributed by atoms with Crippen LogP contribution < -0.4 is 5.32 Å². The van der Waals surface area contributed by atoms with Gasteiger partial charge in [-0.3, -0.25) is 9.78 Å². The maximum Gasteiger partial charge on any atom is 0.225 e. The molecule has 4 heteroatoms. The van der Waals surface area contributed by atoms with Crippen LogP contribution in [0.1, 0.15) is 45.2 Å². The first-order valence-corrected chi connectivity index (χ1v) is 8.33. The van der Waals surface area contributed by atoms with Crippen molar-refractivity contribution in [3.05, 3.63) is 30.1 Å². The average molecular weight is 304 g/mol. The number of rotatable bonds is 7. The van der Waals surface area contributed by atoms with Crippen molar-refractivity contribution in [1.82, 2.24) is 10.3 Å². The number of hydrogen-bond acceptors (Lipinski definition) is 3. The van der Waals surface area contributed by atoms with Crippen molar-refractivity contribution in [2.45, 2.75) is 46.0 Å². The third kappa shape index (κ3) is 4.29. The summed E-state index contributed by atoms with van der Waals surface area (Å²) in [4.78, 5) is 16.8. The maximum atomic E-state index is 12.5. The molecular formula is C18H28N2O2. The lowest BCUT2D eigenvalue weighted by atomic mass is 9.77. The van der Waals surface area contributed by atoms with E-state index in [4.69, 9.17) is 0 Å². The van der Waals surface area contributed by atoms with Gasteiger partial charge in [0, 0.05) is 36.4 Å². The summed E-state index contributed by atoms with van der Waals surface area (Å²) in [6, 6.07) is 5.77. The van der Waals surface area contributed by atoms with Crippen LogP contribution in [0.2, 0.25) is 0 Å². The predicted octanol–water partition coefficient (Wildman–Crippen LogP) is 2.57.